The summed E-state index contributed by atoms with van der Waals surface area (Å²) in [5.74, 6) is -0.332. The van der Waals surface area contributed by atoms with Crippen LogP contribution >= 0.6 is 11.3 Å². The van der Waals surface area contributed by atoms with Crippen molar-refractivity contribution in [2.45, 2.75) is 26.2 Å². The minimum Gasteiger partial charge on any atom is -0.366 e. The van der Waals surface area contributed by atoms with Gasteiger partial charge >= 0.3 is 0 Å². The molecule has 0 aromatic carbocycles. The van der Waals surface area contributed by atoms with Gasteiger partial charge in [0, 0.05) is 4.88 Å². The summed E-state index contributed by atoms with van der Waals surface area (Å²) in [4.78, 5) is 12.0. The van der Waals surface area contributed by atoms with Crippen LogP contribution in [-0.4, -0.2) is 5.91 Å². The van der Waals surface area contributed by atoms with Crippen LogP contribution in [0.3, 0.4) is 0 Å². The van der Waals surface area contributed by atoms with Crippen molar-refractivity contribution in [2.24, 2.45) is 5.73 Å². The van der Waals surface area contributed by atoms with E-state index in [9.17, 15) is 4.79 Å². The van der Waals surface area contributed by atoms with Gasteiger partial charge in [-0.1, -0.05) is 20.8 Å². The first-order chi connectivity index (χ1) is 5.43. The summed E-state index contributed by atoms with van der Waals surface area (Å²) < 4.78 is 0. The Kier molecular flexibility index (Phi) is 2.24. The van der Waals surface area contributed by atoms with E-state index in [1.54, 1.807) is 17.4 Å². The van der Waals surface area contributed by atoms with E-state index in [0.717, 1.165) is 4.88 Å². The smallest absolute Gasteiger partial charge is 0.249 e. The van der Waals surface area contributed by atoms with Gasteiger partial charge in [0.25, 0.3) is 0 Å². The van der Waals surface area contributed by atoms with Gasteiger partial charge < -0.3 is 5.73 Å². The molecule has 3 heteroatoms. The predicted molar refractivity (Wildman–Crippen MR) is 51.5 cm³/mol. The van der Waals surface area contributed by atoms with Gasteiger partial charge in [0.15, 0.2) is 0 Å². The van der Waals surface area contributed by atoms with E-state index in [-0.39, 0.29) is 11.3 Å². The summed E-state index contributed by atoms with van der Waals surface area (Å²) in [5.41, 5.74) is 5.90. The summed E-state index contributed by atoms with van der Waals surface area (Å²) in [6.07, 6.45) is 0. The van der Waals surface area contributed by atoms with Gasteiger partial charge in [-0.3, -0.25) is 4.79 Å². The number of nitrogens with two attached hydrogens (primary N) is 1. The Balaban J connectivity index is 3.17. The van der Waals surface area contributed by atoms with Gasteiger partial charge in [-0.15, -0.1) is 11.3 Å². The molecule has 0 atom stereocenters. The standard InChI is InChI=1S/C9H13NOS/c1-9(2,3)7-6(8(10)11)4-5-12-7/h4-5H,1-3H3,(H2,10,11). The number of carbonyl (C=O) groups is 1. The highest BCUT2D eigenvalue weighted by molar-refractivity contribution is 7.10. The Morgan fingerprint density at radius 1 is 1.50 bits per heavy atom. The van der Waals surface area contributed by atoms with Gasteiger partial charge in [0.05, 0.1) is 5.56 Å². The highest BCUT2D eigenvalue weighted by Gasteiger charge is 2.21. The SMILES string of the molecule is CC(C)(C)c1sccc1C(N)=O. The molecule has 0 unspecified atom stereocenters. The predicted octanol–water partition coefficient (Wildman–Crippen LogP) is 2.14. The second-order valence-electron chi connectivity index (χ2n) is 3.78. The lowest BCUT2D eigenvalue weighted by Gasteiger charge is -2.17. The second kappa shape index (κ2) is 2.90. The summed E-state index contributed by atoms with van der Waals surface area (Å²) in [6, 6.07) is 1.79. The van der Waals surface area contributed by atoms with Gasteiger partial charge in [0.2, 0.25) is 5.91 Å². The number of amides is 1. The van der Waals surface area contributed by atoms with Crippen molar-refractivity contribution >= 4 is 17.2 Å². The fourth-order valence-corrected chi connectivity index (χ4v) is 2.07. The third-order valence-electron chi connectivity index (χ3n) is 1.61. The van der Waals surface area contributed by atoms with Crippen LogP contribution in [0.1, 0.15) is 36.0 Å². The maximum absolute atomic E-state index is 11.0. The molecule has 1 amide bonds. The number of hydrogen-bond donors (Lipinski definition) is 1. The lowest BCUT2D eigenvalue weighted by Crippen LogP contribution is -2.18. The Labute approximate surface area is 76.4 Å². The molecule has 0 aliphatic heterocycles. The molecule has 0 saturated carbocycles. The zero-order valence-electron chi connectivity index (χ0n) is 7.55. The lowest BCUT2D eigenvalue weighted by molar-refractivity contribution is 0.0999. The van der Waals surface area contributed by atoms with Crippen LogP contribution in [0.2, 0.25) is 0 Å². The molecule has 0 saturated heterocycles. The maximum atomic E-state index is 11.0. The summed E-state index contributed by atoms with van der Waals surface area (Å²) >= 11 is 1.58. The van der Waals surface area contributed by atoms with E-state index in [2.05, 4.69) is 20.8 Å². The third-order valence-corrected chi connectivity index (χ3v) is 2.95. The molecule has 0 aliphatic rings. The third kappa shape index (κ3) is 1.67. The monoisotopic (exact) mass is 183 g/mol. The number of primary amides is 1. The van der Waals surface area contributed by atoms with Crippen molar-refractivity contribution in [3.63, 3.8) is 0 Å². The van der Waals surface area contributed by atoms with Crippen molar-refractivity contribution in [1.29, 1.82) is 0 Å². The van der Waals surface area contributed by atoms with E-state index in [0.29, 0.717) is 5.56 Å². The number of hydrogen-bond acceptors (Lipinski definition) is 2. The number of rotatable bonds is 1. The van der Waals surface area contributed by atoms with Crippen LogP contribution in [0.25, 0.3) is 0 Å². The molecule has 1 heterocycles. The van der Waals surface area contributed by atoms with Crippen LogP contribution in [0, 0.1) is 0 Å². The van der Waals surface area contributed by atoms with E-state index in [1.165, 1.54) is 0 Å². The van der Waals surface area contributed by atoms with Gasteiger partial charge in [0.1, 0.15) is 0 Å². The molecular formula is C9H13NOS. The molecule has 1 aromatic heterocycles. The van der Waals surface area contributed by atoms with E-state index in [1.807, 2.05) is 5.38 Å². The largest absolute Gasteiger partial charge is 0.366 e. The molecule has 0 spiro atoms. The molecule has 2 nitrogen and oxygen atoms in total. The molecule has 0 bridgehead atoms. The molecule has 0 fully saturated rings. The topological polar surface area (TPSA) is 43.1 Å². The van der Waals surface area contributed by atoms with Crippen LogP contribution < -0.4 is 5.73 Å². The molecule has 1 rings (SSSR count). The molecule has 12 heavy (non-hydrogen) atoms. The molecule has 2 N–H and O–H groups in total. The Morgan fingerprint density at radius 3 is 2.42 bits per heavy atom. The van der Waals surface area contributed by atoms with E-state index < -0.39 is 0 Å². The van der Waals surface area contributed by atoms with E-state index in [4.69, 9.17) is 5.73 Å². The average molecular weight is 183 g/mol. The quantitative estimate of drug-likeness (QED) is 0.712. The lowest BCUT2D eigenvalue weighted by atomic mass is 9.91. The second-order valence-corrected chi connectivity index (χ2v) is 4.69. The fraction of sp³-hybridized carbons (Fsp3) is 0.444. The molecule has 0 aliphatic carbocycles. The maximum Gasteiger partial charge on any atom is 0.249 e. The van der Waals surface area contributed by atoms with E-state index >= 15 is 0 Å². The number of carbonyl (C=O) groups excluding carboxylic acids is 1. The molecule has 0 radical (unpaired) electrons. The van der Waals surface area contributed by atoms with Gasteiger partial charge in [-0.2, -0.15) is 0 Å². The minimum absolute atomic E-state index is 0.0124. The zero-order chi connectivity index (χ0) is 9.35. The van der Waals surface area contributed by atoms with Gasteiger partial charge in [-0.05, 0) is 16.9 Å². The summed E-state index contributed by atoms with van der Waals surface area (Å²) in [5, 5.41) is 1.90. The Hall–Kier alpha value is -0.830. The molecule has 66 valence electrons. The molecular weight excluding hydrogens is 170 g/mol. The van der Waals surface area contributed by atoms with Crippen molar-refractivity contribution < 1.29 is 4.79 Å². The van der Waals surface area contributed by atoms with Crippen LogP contribution in [0.4, 0.5) is 0 Å². The Morgan fingerprint density at radius 2 is 2.08 bits per heavy atom. The first-order valence-electron chi connectivity index (χ1n) is 3.80. The zero-order valence-corrected chi connectivity index (χ0v) is 8.37. The Bertz CT molecular complexity index is 296. The first-order valence-corrected chi connectivity index (χ1v) is 4.68. The normalized spacial score (nSPS) is 11.6. The fourth-order valence-electron chi connectivity index (χ4n) is 1.08. The molecule has 1 aromatic rings. The number of thiophene rings is 1. The summed E-state index contributed by atoms with van der Waals surface area (Å²) in [6.45, 7) is 6.22. The van der Waals surface area contributed by atoms with Gasteiger partial charge in [-0.25, -0.2) is 0 Å². The van der Waals surface area contributed by atoms with Crippen molar-refractivity contribution in [3.05, 3.63) is 21.9 Å². The summed E-state index contributed by atoms with van der Waals surface area (Å²) in [7, 11) is 0. The average Bonchev–Trinajstić information content (AvgIpc) is 2.30. The highest BCUT2D eigenvalue weighted by atomic mass is 32.1. The van der Waals surface area contributed by atoms with Crippen molar-refractivity contribution in [1.82, 2.24) is 0 Å². The van der Waals surface area contributed by atoms with Crippen LogP contribution in [-0.2, 0) is 5.41 Å². The first kappa shape index (κ1) is 9.26. The van der Waals surface area contributed by atoms with Crippen molar-refractivity contribution in [2.75, 3.05) is 0 Å². The van der Waals surface area contributed by atoms with Crippen LogP contribution in [0.5, 0.6) is 0 Å². The minimum atomic E-state index is -0.332. The van der Waals surface area contributed by atoms with Crippen molar-refractivity contribution in [3.8, 4) is 0 Å². The van der Waals surface area contributed by atoms with Crippen LogP contribution in [0.15, 0.2) is 11.4 Å². The highest BCUT2D eigenvalue weighted by Crippen LogP contribution is 2.30.